The van der Waals surface area contributed by atoms with Gasteiger partial charge in [-0.1, -0.05) is 19.1 Å². The van der Waals surface area contributed by atoms with E-state index in [1.54, 1.807) is 25.1 Å². The van der Waals surface area contributed by atoms with Gasteiger partial charge in [0.05, 0.1) is 0 Å². The summed E-state index contributed by atoms with van der Waals surface area (Å²) < 4.78 is 0. The molecule has 0 spiro atoms. The number of nitrogens with one attached hydrogen (secondary N) is 1. The van der Waals surface area contributed by atoms with Crippen LogP contribution in [0.1, 0.15) is 18.9 Å². The van der Waals surface area contributed by atoms with Crippen molar-refractivity contribution in [2.75, 3.05) is 0 Å². The largest absolute Gasteiger partial charge is 0.508 e. The summed E-state index contributed by atoms with van der Waals surface area (Å²) >= 11 is 0. The van der Waals surface area contributed by atoms with Gasteiger partial charge < -0.3 is 10.4 Å². The molecular formula is C10H13NO2. The lowest BCUT2D eigenvalue weighted by atomic mass is 10.2. The van der Waals surface area contributed by atoms with Gasteiger partial charge in [-0.3, -0.25) is 4.79 Å². The average Bonchev–Trinajstić information content (AvgIpc) is 2.14. The molecule has 3 nitrogen and oxygen atoms in total. The van der Waals surface area contributed by atoms with E-state index in [-0.39, 0.29) is 11.7 Å². The second-order valence-corrected chi connectivity index (χ2v) is 2.80. The van der Waals surface area contributed by atoms with Crippen molar-refractivity contribution in [2.24, 2.45) is 0 Å². The monoisotopic (exact) mass is 179 g/mol. The molecule has 1 aromatic rings. The number of carbonyl (C=O) groups is 1. The molecule has 1 amide bonds. The summed E-state index contributed by atoms with van der Waals surface area (Å²) in [5, 5.41) is 11.8. The summed E-state index contributed by atoms with van der Waals surface area (Å²) in [6, 6.07) is 6.85. The Balaban J connectivity index is 2.50. The number of carbonyl (C=O) groups excluding carboxylic acids is 1. The van der Waals surface area contributed by atoms with Crippen LogP contribution in [0, 0.1) is 0 Å². The van der Waals surface area contributed by atoms with Crippen LogP contribution < -0.4 is 5.32 Å². The number of amides is 1. The second-order valence-electron chi connectivity index (χ2n) is 2.80. The predicted octanol–water partition coefficient (Wildman–Crippen LogP) is 1.42. The maximum absolute atomic E-state index is 10.9. The van der Waals surface area contributed by atoms with Crippen molar-refractivity contribution in [3.8, 4) is 5.75 Å². The number of phenolic OH excluding ortho intramolecular Hbond substituents is 1. The molecule has 0 saturated heterocycles. The van der Waals surface area contributed by atoms with Gasteiger partial charge in [0, 0.05) is 13.0 Å². The van der Waals surface area contributed by atoms with Crippen molar-refractivity contribution >= 4 is 5.91 Å². The molecule has 0 saturated carbocycles. The molecule has 0 unspecified atom stereocenters. The third-order valence-corrected chi connectivity index (χ3v) is 1.72. The summed E-state index contributed by atoms with van der Waals surface area (Å²) in [5.74, 6) is 0.242. The van der Waals surface area contributed by atoms with Crippen molar-refractivity contribution < 1.29 is 9.90 Å². The van der Waals surface area contributed by atoms with E-state index in [0.29, 0.717) is 13.0 Å². The van der Waals surface area contributed by atoms with Gasteiger partial charge in [-0.05, 0) is 17.7 Å². The van der Waals surface area contributed by atoms with Crippen LogP contribution in [0.2, 0.25) is 0 Å². The molecule has 0 bridgehead atoms. The Kier molecular flexibility index (Phi) is 3.31. The van der Waals surface area contributed by atoms with E-state index < -0.39 is 0 Å². The fraction of sp³-hybridized carbons (Fsp3) is 0.300. The summed E-state index contributed by atoms with van der Waals surface area (Å²) in [4.78, 5) is 10.9. The molecule has 3 heteroatoms. The molecule has 0 aliphatic heterocycles. The molecular weight excluding hydrogens is 166 g/mol. The summed E-state index contributed by atoms with van der Waals surface area (Å²) in [7, 11) is 0. The molecule has 0 atom stereocenters. The lowest BCUT2D eigenvalue weighted by Crippen LogP contribution is -2.21. The zero-order valence-electron chi connectivity index (χ0n) is 7.58. The quantitative estimate of drug-likeness (QED) is 0.737. The maximum atomic E-state index is 10.9. The number of benzene rings is 1. The minimum atomic E-state index is 0.0170. The lowest BCUT2D eigenvalue weighted by molar-refractivity contribution is -0.120. The van der Waals surface area contributed by atoms with Crippen molar-refractivity contribution in [1.29, 1.82) is 0 Å². The van der Waals surface area contributed by atoms with Crippen LogP contribution >= 0.6 is 0 Å². The van der Waals surface area contributed by atoms with E-state index in [1.807, 2.05) is 6.07 Å². The van der Waals surface area contributed by atoms with E-state index in [9.17, 15) is 4.79 Å². The minimum absolute atomic E-state index is 0.0170. The fourth-order valence-corrected chi connectivity index (χ4v) is 0.992. The highest BCUT2D eigenvalue weighted by Gasteiger charge is 1.97. The Hall–Kier alpha value is -1.51. The number of rotatable bonds is 3. The highest BCUT2D eigenvalue weighted by Crippen LogP contribution is 2.10. The van der Waals surface area contributed by atoms with Crippen LogP contribution in [0.25, 0.3) is 0 Å². The number of hydrogen-bond acceptors (Lipinski definition) is 2. The zero-order valence-corrected chi connectivity index (χ0v) is 7.58. The molecule has 2 N–H and O–H groups in total. The van der Waals surface area contributed by atoms with Gasteiger partial charge in [-0.15, -0.1) is 0 Å². The van der Waals surface area contributed by atoms with E-state index in [1.165, 1.54) is 0 Å². The Labute approximate surface area is 77.4 Å². The molecule has 0 aromatic heterocycles. The molecule has 1 aromatic carbocycles. The standard InChI is InChI=1S/C10H13NO2/c1-2-10(13)11-7-8-4-3-5-9(12)6-8/h3-6,12H,2,7H2,1H3,(H,11,13). The first-order valence-electron chi connectivity index (χ1n) is 4.27. The van der Waals surface area contributed by atoms with Crippen molar-refractivity contribution in [3.05, 3.63) is 29.8 Å². The van der Waals surface area contributed by atoms with Crippen LogP contribution in [0.3, 0.4) is 0 Å². The Morgan fingerprint density at radius 1 is 1.54 bits per heavy atom. The van der Waals surface area contributed by atoms with Crippen LogP contribution in [0.15, 0.2) is 24.3 Å². The van der Waals surface area contributed by atoms with E-state index >= 15 is 0 Å². The molecule has 0 heterocycles. The van der Waals surface area contributed by atoms with Crippen LogP contribution in [0.4, 0.5) is 0 Å². The number of hydrogen-bond donors (Lipinski definition) is 2. The molecule has 0 aliphatic carbocycles. The first kappa shape index (κ1) is 9.58. The van der Waals surface area contributed by atoms with Crippen LogP contribution in [-0.4, -0.2) is 11.0 Å². The third-order valence-electron chi connectivity index (χ3n) is 1.72. The summed E-state index contributed by atoms with van der Waals surface area (Å²) in [6.45, 7) is 2.28. The van der Waals surface area contributed by atoms with Crippen molar-refractivity contribution in [1.82, 2.24) is 5.32 Å². The van der Waals surface area contributed by atoms with E-state index in [0.717, 1.165) is 5.56 Å². The zero-order chi connectivity index (χ0) is 9.68. The van der Waals surface area contributed by atoms with Gasteiger partial charge in [0.15, 0.2) is 0 Å². The maximum Gasteiger partial charge on any atom is 0.219 e. The predicted molar refractivity (Wildman–Crippen MR) is 50.2 cm³/mol. The van der Waals surface area contributed by atoms with E-state index in [4.69, 9.17) is 5.11 Å². The average molecular weight is 179 g/mol. The first-order chi connectivity index (χ1) is 6.22. The number of phenols is 1. The van der Waals surface area contributed by atoms with Gasteiger partial charge in [0.2, 0.25) is 5.91 Å². The highest BCUT2D eigenvalue weighted by molar-refractivity contribution is 5.75. The molecule has 1 rings (SSSR count). The molecule has 0 fully saturated rings. The molecule has 13 heavy (non-hydrogen) atoms. The summed E-state index contributed by atoms with van der Waals surface area (Å²) in [5.41, 5.74) is 0.904. The smallest absolute Gasteiger partial charge is 0.219 e. The van der Waals surface area contributed by atoms with E-state index in [2.05, 4.69) is 5.32 Å². The van der Waals surface area contributed by atoms with Crippen molar-refractivity contribution in [2.45, 2.75) is 19.9 Å². The Morgan fingerprint density at radius 2 is 2.31 bits per heavy atom. The Morgan fingerprint density at radius 3 is 2.92 bits per heavy atom. The fourth-order valence-electron chi connectivity index (χ4n) is 0.992. The van der Waals surface area contributed by atoms with Gasteiger partial charge in [-0.25, -0.2) is 0 Å². The van der Waals surface area contributed by atoms with Crippen molar-refractivity contribution in [3.63, 3.8) is 0 Å². The van der Waals surface area contributed by atoms with Crippen LogP contribution in [-0.2, 0) is 11.3 Å². The summed E-state index contributed by atoms with van der Waals surface area (Å²) in [6.07, 6.45) is 0.485. The molecule has 0 aliphatic rings. The van der Waals surface area contributed by atoms with Gasteiger partial charge >= 0.3 is 0 Å². The van der Waals surface area contributed by atoms with Gasteiger partial charge in [0.25, 0.3) is 0 Å². The van der Waals surface area contributed by atoms with Gasteiger partial charge in [0.1, 0.15) is 5.75 Å². The lowest BCUT2D eigenvalue weighted by Gasteiger charge is -2.03. The minimum Gasteiger partial charge on any atom is -0.508 e. The first-order valence-corrected chi connectivity index (χ1v) is 4.27. The highest BCUT2D eigenvalue weighted by atomic mass is 16.3. The molecule has 70 valence electrons. The second kappa shape index (κ2) is 4.50. The Bertz CT molecular complexity index is 297. The number of aromatic hydroxyl groups is 1. The normalized spacial score (nSPS) is 9.62. The SMILES string of the molecule is CCC(=O)NCc1cccc(O)c1. The van der Waals surface area contributed by atoms with Gasteiger partial charge in [-0.2, -0.15) is 0 Å². The topological polar surface area (TPSA) is 49.3 Å². The van der Waals surface area contributed by atoms with Crippen LogP contribution in [0.5, 0.6) is 5.75 Å². The molecule has 0 radical (unpaired) electrons. The third kappa shape index (κ3) is 3.15.